The van der Waals surface area contributed by atoms with Crippen molar-refractivity contribution in [3.8, 4) is 0 Å². The normalized spacial score (nSPS) is 14.0. The van der Waals surface area contributed by atoms with Gasteiger partial charge in [0.25, 0.3) is 0 Å². The van der Waals surface area contributed by atoms with Crippen LogP contribution in [-0.4, -0.2) is 74.9 Å². The Bertz CT molecular complexity index is 1650. The van der Waals surface area contributed by atoms with Crippen LogP contribution < -0.4 is 0 Å². The zero-order valence-electron chi connectivity index (χ0n) is 49.5. The molecular formula is C66H115NO8P+. The second-order valence-corrected chi connectivity index (χ2v) is 22.8. The average Bonchev–Trinajstić information content (AvgIpc) is 3.38. The molecule has 2 unspecified atom stereocenters. The molecule has 0 saturated heterocycles. The number of hydrogen-bond donors (Lipinski definition) is 1. The van der Waals surface area contributed by atoms with Gasteiger partial charge in [0.1, 0.15) is 19.8 Å². The quantitative estimate of drug-likeness (QED) is 0.0211. The van der Waals surface area contributed by atoms with Crippen LogP contribution in [0.2, 0.25) is 0 Å². The molecule has 9 nitrogen and oxygen atoms in total. The minimum atomic E-state index is -4.39. The lowest BCUT2D eigenvalue weighted by molar-refractivity contribution is -0.870. The minimum absolute atomic E-state index is 0.0258. The number of ether oxygens (including phenoxy) is 2. The van der Waals surface area contributed by atoms with E-state index in [2.05, 4.69) is 123 Å². The third-order valence-corrected chi connectivity index (χ3v) is 13.8. The highest BCUT2D eigenvalue weighted by molar-refractivity contribution is 7.47. The molecule has 0 spiro atoms. The predicted molar refractivity (Wildman–Crippen MR) is 325 cm³/mol. The van der Waals surface area contributed by atoms with Crippen molar-refractivity contribution in [2.45, 2.75) is 251 Å². The number of carbonyl (C=O) groups is 2. The zero-order chi connectivity index (χ0) is 55.6. The first-order chi connectivity index (χ1) is 37.0. The van der Waals surface area contributed by atoms with Gasteiger partial charge < -0.3 is 18.9 Å². The van der Waals surface area contributed by atoms with Crippen LogP contribution in [-0.2, 0) is 32.7 Å². The summed E-state index contributed by atoms with van der Waals surface area (Å²) in [5.74, 6) is -0.809. The molecule has 0 amide bonds. The number of nitrogens with zero attached hydrogens (tertiary/aromatic N) is 1. The van der Waals surface area contributed by atoms with Gasteiger partial charge in [-0.2, -0.15) is 0 Å². The predicted octanol–water partition coefficient (Wildman–Crippen LogP) is 19.4. The first-order valence-corrected chi connectivity index (χ1v) is 32.1. The van der Waals surface area contributed by atoms with Crippen LogP contribution in [0.25, 0.3) is 0 Å². The molecule has 0 rings (SSSR count). The molecule has 0 fully saturated rings. The number of likely N-dealkylation sites (N-methyl/N-ethyl adjacent to an activating group) is 1. The Kier molecular flexibility index (Phi) is 53.9. The van der Waals surface area contributed by atoms with E-state index < -0.39 is 26.5 Å². The molecule has 0 heterocycles. The van der Waals surface area contributed by atoms with Gasteiger partial charge in [0, 0.05) is 12.8 Å². The number of phosphoric acid groups is 1. The Morgan fingerprint density at radius 1 is 0.421 bits per heavy atom. The number of allylic oxidation sites excluding steroid dienone is 18. The van der Waals surface area contributed by atoms with E-state index in [0.717, 1.165) is 109 Å². The highest BCUT2D eigenvalue weighted by Crippen LogP contribution is 2.43. The SMILES string of the molecule is CC/C=C\C/C=C\C/C=C\C/C=C\C/C=C\C/C=C\C/C=C\C/C=C\CCCCCCCCCCCCC(=O)OC(COC(=O)CCCCCCCCC/C=C\CCCCCCCC)COP(=O)(O)OCC[N+](C)(C)C. The summed E-state index contributed by atoms with van der Waals surface area (Å²) in [5.41, 5.74) is 0. The lowest BCUT2D eigenvalue weighted by Crippen LogP contribution is -2.37. The molecule has 76 heavy (non-hydrogen) atoms. The molecule has 0 bridgehead atoms. The topological polar surface area (TPSA) is 108 Å². The van der Waals surface area contributed by atoms with Crippen molar-refractivity contribution in [1.82, 2.24) is 0 Å². The highest BCUT2D eigenvalue weighted by atomic mass is 31.2. The Hall–Kier alpha value is -3.33. The number of hydrogen-bond acceptors (Lipinski definition) is 7. The lowest BCUT2D eigenvalue weighted by Gasteiger charge is -2.24. The summed E-state index contributed by atoms with van der Waals surface area (Å²) in [5, 5.41) is 0. The van der Waals surface area contributed by atoms with Crippen molar-refractivity contribution in [2.75, 3.05) is 47.5 Å². The van der Waals surface area contributed by atoms with Gasteiger partial charge in [-0.05, 0) is 103 Å². The van der Waals surface area contributed by atoms with Crippen LogP contribution in [0.3, 0.4) is 0 Å². The van der Waals surface area contributed by atoms with Crippen LogP contribution in [0.15, 0.2) is 109 Å². The maximum Gasteiger partial charge on any atom is 0.472 e. The van der Waals surface area contributed by atoms with Crippen molar-refractivity contribution < 1.29 is 42.1 Å². The smallest absolute Gasteiger partial charge is 0.462 e. The Morgan fingerprint density at radius 3 is 1.13 bits per heavy atom. The average molecular weight is 1080 g/mol. The summed E-state index contributed by atoms with van der Waals surface area (Å²) in [6.07, 6.45) is 78.7. The van der Waals surface area contributed by atoms with Crippen molar-refractivity contribution in [3.05, 3.63) is 109 Å². The van der Waals surface area contributed by atoms with Crippen LogP contribution in [0, 0.1) is 0 Å². The number of esters is 2. The molecule has 0 aliphatic rings. The van der Waals surface area contributed by atoms with E-state index in [4.69, 9.17) is 18.5 Å². The summed E-state index contributed by atoms with van der Waals surface area (Å²) >= 11 is 0. The summed E-state index contributed by atoms with van der Waals surface area (Å²) in [4.78, 5) is 35.7. The second-order valence-electron chi connectivity index (χ2n) is 21.4. The van der Waals surface area contributed by atoms with Crippen LogP contribution in [0.4, 0.5) is 0 Å². The molecule has 2 atom stereocenters. The summed E-state index contributed by atoms with van der Waals surface area (Å²) < 4.78 is 34.6. The van der Waals surface area contributed by atoms with E-state index in [1.54, 1.807) is 0 Å². The number of phosphoric ester groups is 1. The lowest BCUT2D eigenvalue weighted by atomic mass is 10.0. The molecule has 0 aliphatic heterocycles. The molecule has 0 saturated carbocycles. The molecule has 0 aromatic carbocycles. The zero-order valence-corrected chi connectivity index (χ0v) is 50.3. The van der Waals surface area contributed by atoms with Gasteiger partial charge in [-0.1, -0.05) is 239 Å². The van der Waals surface area contributed by atoms with E-state index in [1.165, 1.54) is 103 Å². The number of rotatable bonds is 55. The largest absolute Gasteiger partial charge is 0.472 e. The highest BCUT2D eigenvalue weighted by Gasteiger charge is 2.27. The van der Waals surface area contributed by atoms with Crippen molar-refractivity contribution in [2.24, 2.45) is 0 Å². The van der Waals surface area contributed by atoms with Crippen molar-refractivity contribution in [3.63, 3.8) is 0 Å². The van der Waals surface area contributed by atoms with Crippen molar-refractivity contribution in [1.29, 1.82) is 0 Å². The van der Waals surface area contributed by atoms with Crippen LogP contribution in [0.5, 0.6) is 0 Å². The molecule has 0 aromatic heterocycles. The van der Waals surface area contributed by atoms with E-state index in [1.807, 2.05) is 21.1 Å². The molecule has 1 N–H and O–H groups in total. The first-order valence-electron chi connectivity index (χ1n) is 30.6. The number of unbranched alkanes of at least 4 members (excludes halogenated alkanes) is 23. The Labute approximate surface area is 467 Å². The molecule has 0 aromatic rings. The van der Waals surface area contributed by atoms with Gasteiger partial charge in [-0.3, -0.25) is 18.6 Å². The standard InChI is InChI=1S/C66H114NO8P/c1-6-8-10-12-14-16-18-20-22-24-25-26-27-28-29-30-31-32-33-34-35-36-37-38-39-40-41-43-45-47-49-51-53-55-57-59-66(69)75-64(63-74-76(70,71)73-61-60-67(3,4)5)62-72-65(68)58-56-54-52-50-48-46-44-42-23-21-19-17-15-13-11-9-7-2/h8,10,14,16,20-23,25-26,28-29,31-32,34-35,37-38,64H,6-7,9,11-13,15,17-19,24,27,30,33,36,39-63H2,1-5H3/p+1/b10-8-,16-14-,22-20-,23-21-,26-25-,29-28-,32-31-,35-34-,38-37-. The van der Waals surface area contributed by atoms with Crippen molar-refractivity contribution >= 4 is 19.8 Å². The molecule has 436 valence electrons. The fourth-order valence-electron chi connectivity index (χ4n) is 8.08. The fraction of sp³-hybridized carbons (Fsp3) is 0.697. The fourth-order valence-corrected chi connectivity index (χ4v) is 8.83. The number of quaternary nitrogens is 1. The Balaban J connectivity index is 4.14. The maximum absolute atomic E-state index is 12.8. The molecule has 10 heteroatoms. The van der Waals surface area contributed by atoms with Gasteiger partial charge in [0.2, 0.25) is 0 Å². The number of carbonyl (C=O) groups excluding carboxylic acids is 2. The summed E-state index contributed by atoms with van der Waals surface area (Å²) in [6.45, 7) is 4.31. The van der Waals surface area contributed by atoms with Crippen LogP contribution >= 0.6 is 7.82 Å². The second kappa shape index (κ2) is 56.4. The van der Waals surface area contributed by atoms with E-state index in [-0.39, 0.29) is 32.0 Å². The van der Waals surface area contributed by atoms with E-state index in [9.17, 15) is 19.0 Å². The van der Waals surface area contributed by atoms with Gasteiger partial charge in [-0.15, -0.1) is 0 Å². The van der Waals surface area contributed by atoms with Gasteiger partial charge in [-0.25, -0.2) is 4.57 Å². The third kappa shape index (κ3) is 59.9. The van der Waals surface area contributed by atoms with Gasteiger partial charge >= 0.3 is 19.8 Å². The summed E-state index contributed by atoms with van der Waals surface area (Å²) in [6, 6.07) is 0. The first kappa shape index (κ1) is 72.7. The van der Waals surface area contributed by atoms with E-state index >= 15 is 0 Å². The summed E-state index contributed by atoms with van der Waals surface area (Å²) in [7, 11) is 1.46. The Morgan fingerprint density at radius 2 is 0.750 bits per heavy atom. The monoisotopic (exact) mass is 1080 g/mol. The van der Waals surface area contributed by atoms with Gasteiger partial charge in [0.15, 0.2) is 6.10 Å². The molecule has 0 aliphatic carbocycles. The molecular weight excluding hydrogens is 966 g/mol. The third-order valence-electron chi connectivity index (χ3n) is 12.8. The minimum Gasteiger partial charge on any atom is -0.462 e. The maximum atomic E-state index is 12.8. The van der Waals surface area contributed by atoms with Crippen LogP contribution in [0.1, 0.15) is 245 Å². The van der Waals surface area contributed by atoms with E-state index in [0.29, 0.717) is 17.4 Å². The van der Waals surface area contributed by atoms with Gasteiger partial charge in [0.05, 0.1) is 27.7 Å². The molecule has 0 radical (unpaired) electrons.